The largest absolute Gasteiger partial charge is 0.514 e. The van der Waals surface area contributed by atoms with Crippen LogP contribution in [0, 0.1) is 0 Å². The Balaban J connectivity index is 2.63. The Morgan fingerprint density at radius 1 is 1.73 bits per heavy atom. The highest BCUT2D eigenvalue weighted by Crippen LogP contribution is 2.21. The van der Waals surface area contributed by atoms with Gasteiger partial charge in [-0.1, -0.05) is 13.2 Å². The minimum Gasteiger partial charge on any atom is -0.423 e. The zero-order valence-corrected chi connectivity index (χ0v) is 5.80. The zero-order chi connectivity index (χ0) is 8.43. The van der Waals surface area contributed by atoms with Crippen LogP contribution in [0.1, 0.15) is 6.42 Å². The molecule has 1 saturated heterocycles. The van der Waals surface area contributed by atoms with Gasteiger partial charge in [0.2, 0.25) is 0 Å². The van der Waals surface area contributed by atoms with Crippen molar-refractivity contribution in [2.75, 3.05) is 0 Å². The van der Waals surface area contributed by atoms with Crippen molar-refractivity contribution < 1.29 is 18.7 Å². The SMILES string of the molecule is C=C1CC(C(=C)F)OC(=O)O1. The third-order valence-electron chi connectivity index (χ3n) is 1.23. The van der Waals surface area contributed by atoms with Gasteiger partial charge in [0, 0.05) is 6.42 Å². The molecule has 0 N–H and O–H groups in total. The Bertz CT molecular complexity index is 206. The molecule has 0 bridgehead atoms. The topological polar surface area (TPSA) is 35.5 Å². The molecule has 4 heteroatoms. The summed E-state index contributed by atoms with van der Waals surface area (Å²) in [5.41, 5.74) is 0. The summed E-state index contributed by atoms with van der Waals surface area (Å²) in [7, 11) is 0. The molecule has 0 aromatic carbocycles. The van der Waals surface area contributed by atoms with Crippen molar-refractivity contribution in [3.8, 4) is 0 Å². The second kappa shape index (κ2) is 2.74. The molecule has 0 aliphatic carbocycles. The summed E-state index contributed by atoms with van der Waals surface area (Å²) in [6.45, 7) is 6.37. The predicted octanol–water partition coefficient (Wildman–Crippen LogP) is 1.91. The molecule has 0 aromatic rings. The third kappa shape index (κ3) is 1.80. The minimum atomic E-state index is -0.927. The maximum Gasteiger partial charge on any atom is 0.514 e. The Morgan fingerprint density at radius 3 is 2.82 bits per heavy atom. The van der Waals surface area contributed by atoms with Gasteiger partial charge in [-0.05, 0) is 0 Å². The standard InChI is InChI=1S/C7H7FO3/c1-4-3-6(5(2)8)11-7(9)10-4/h6H,1-3H2. The number of hydrogen-bond acceptors (Lipinski definition) is 3. The van der Waals surface area contributed by atoms with Gasteiger partial charge in [0.15, 0.2) is 6.10 Å². The molecule has 0 amide bonds. The predicted molar refractivity (Wildman–Crippen MR) is 35.4 cm³/mol. The molecule has 1 heterocycles. The van der Waals surface area contributed by atoms with Crippen molar-refractivity contribution in [3.05, 3.63) is 24.7 Å². The van der Waals surface area contributed by atoms with E-state index >= 15 is 0 Å². The molecular formula is C7H7FO3. The first kappa shape index (κ1) is 7.78. The molecule has 3 nitrogen and oxygen atoms in total. The summed E-state index contributed by atoms with van der Waals surface area (Å²) in [5.74, 6) is -0.493. The molecule has 0 spiro atoms. The average molecular weight is 158 g/mol. The number of hydrogen-bond donors (Lipinski definition) is 0. The molecule has 1 fully saturated rings. The van der Waals surface area contributed by atoms with Gasteiger partial charge in [0.25, 0.3) is 0 Å². The lowest BCUT2D eigenvalue weighted by Gasteiger charge is -2.21. The van der Waals surface area contributed by atoms with E-state index in [0.717, 1.165) is 0 Å². The molecule has 0 aromatic heterocycles. The van der Waals surface area contributed by atoms with Gasteiger partial charge in [0.1, 0.15) is 11.6 Å². The fourth-order valence-corrected chi connectivity index (χ4v) is 0.723. The lowest BCUT2D eigenvalue weighted by atomic mass is 10.2. The summed E-state index contributed by atoms with van der Waals surface area (Å²) in [4.78, 5) is 10.5. The van der Waals surface area contributed by atoms with Crippen LogP contribution in [0.25, 0.3) is 0 Å². The Hall–Kier alpha value is -1.32. The summed E-state index contributed by atoms with van der Waals surface area (Å²) >= 11 is 0. The number of ether oxygens (including phenoxy) is 2. The smallest absolute Gasteiger partial charge is 0.423 e. The highest BCUT2D eigenvalue weighted by Gasteiger charge is 2.26. The fourth-order valence-electron chi connectivity index (χ4n) is 0.723. The lowest BCUT2D eigenvalue weighted by molar-refractivity contribution is 0.0125. The summed E-state index contributed by atoms with van der Waals surface area (Å²) in [5, 5.41) is 0. The maximum atomic E-state index is 12.4. The zero-order valence-electron chi connectivity index (χ0n) is 5.80. The number of halogens is 1. The van der Waals surface area contributed by atoms with Crippen LogP contribution in [0.4, 0.5) is 9.18 Å². The van der Waals surface area contributed by atoms with Crippen molar-refractivity contribution in [2.45, 2.75) is 12.5 Å². The van der Waals surface area contributed by atoms with E-state index < -0.39 is 18.1 Å². The average Bonchev–Trinajstić information content (AvgIpc) is 1.85. The molecule has 1 rings (SSSR count). The van der Waals surface area contributed by atoms with Crippen LogP contribution in [0.5, 0.6) is 0 Å². The minimum absolute atomic E-state index is 0.140. The van der Waals surface area contributed by atoms with E-state index in [2.05, 4.69) is 22.6 Å². The van der Waals surface area contributed by atoms with Crippen LogP contribution in [0.2, 0.25) is 0 Å². The first-order chi connectivity index (χ1) is 5.09. The molecule has 0 radical (unpaired) electrons. The molecule has 11 heavy (non-hydrogen) atoms. The van der Waals surface area contributed by atoms with E-state index in [4.69, 9.17) is 0 Å². The summed E-state index contributed by atoms with van der Waals surface area (Å²) < 4.78 is 21.2. The van der Waals surface area contributed by atoms with Crippen molar-refractivity contribution >= 4 is 6.16 Å². The van der Waals surface area contributed by atoms with Crippen LogP contribution in [0.3, 0.4) is 0 Å². The number of rotatable bonds is 1. The molecule has 60 valence electrons. The highest BCUT2D eigenvalue weighted by molar-refractivity contribution is 5.63. The van der Waals surface area contributed by atoms with Crippen LogP contribution in [-0.2, 0) is 9.47 Å². The van der Waals surface area contributed by atoms with Crippen molar-refractivity contribution in [3.63, 3.8) is 0 Å². The summed E-state index contributed by atoms with van der Waals surface area (Å²) in [6, 6.07) is 0. The van der Waals surface area contributed by atoms with Crippen molar-refractivity contribution in [1.82, 2.24) is 0 Å². The lowest BCUT2D eigenvalue weighted by Crippen LogP contribution is -2.25. The molecule has 1 atom stereocenters. The van der Waals surface area contributed by atoms with Gasteiger partial charge in [0.05, 0.1) is 0 Å². The van der Waals surface area contributed by atoms with E-state index in [-0.39, 0.29) is 12.2 Å². The highest BCUT2D eigenvalue weighted by atomic mass is 19.1. The Labute approximate surface area is 63.1 Å². The molecular weight excluding hydrogens is 151 g/mol. The summed E-state index contributed by atoms with van der Waals surface area (Å²) in [6.07, 6.45) is -1.71. The Kier molecular flexibility index (Phi) is 1.94. The molecule has 1 unspecified atom stereocenters. The maximum absolute atomic E-state index is 12.4. The second-order valence-electron chi connectivity index (χ2n) is 2.15. The van der Waals surface area contributed by atoms with Crippen LogP contribution in [0.15, 0.2) is 24.7 Å². The van der Waals surface area contributed by atoms with Gasteiger partial charge in [-0.2, -0.15) is 0 Å². The van der Waals surface area contributed by atoms with Gasteiger partial charge in [-0.25, -0.2) is 9.18 Å². The van der Waals surface area contributed by atoms with E-state index in [1.807, 2.05) is 0 Å². The third-order valence-corrected chi connectivity index (χ3v) is 1.23. The number of carbonyl (C=O) groups excluding carboxylic acids is 1. The second-order valence-corrected chi connectivity index (χ2v) is 2.15. The normalized spacial score (nSPS) is 23.9. The fraction of sp³-hybridized carbons (Fsp3) is 0.286. The van der Waals surface area contributed by atoms with Gasteiger partial charge in [-0.3, -0.25) is 0 Å². The first-order valence-electron chi connectivity index (χ1n) is 3.00. The van der Waals surface area contributed by atoms with Gasteiger partial charge < -0.3 is 9.47 Å². The number of cyclic esters (lactones) is 2. The van der Waals surface area contributed by atoms with E-state index in [1.54, 1.807) is 0 Å². The van der Waals surface area contributed by atoms with E-state index in [1.165, 1.54) is 0 Å². The van der Waals surface area contributed by atoms with Crippen molar-refractivity contribution in [1.29, 1.82) is 0 Å². The van der Waals surface area contributed by atoms with E-state index in [9.17, 15) is 9.18 Å². The molecule has 1 aliphatic rings. The van der Waals surface area contributed by atoms with Crippen LogP contribution >= 0.6 is 0 Å². The molecule has 0 saturated carbocycles. The van der Waals surface area contributed by atoms with E-state index in [0.29, 0.717) is 0 Å². The van der Waals surface area contributed by atoms with Crippen LogP contribution < -0.4 is 0 Å². The first-order valence-corrected chi connectivity index (χ1v) is 3.00. The quantitative estimate of drug-likeness (QED) is 0.547. The van der Waals surface area contributed by atoms with Crippen LogP contribution in [-0.4, -0.2) is 12.3 Å². The monoisotopic (exact) mass is 158 g/mol. The Morgan fingerprint density at radius 2 is 2.36 bits per heavy atom. The van der Waals surface area contributed by atoms with Gasteiger partial charge in [-0.15, -0.1) is 0 Å². The molecule has 1 aliphatic heterocycles. The van der Waals surface area contributed by atoms with Gasteiger partial charge >= 0.3 is 6.16 Å². The number of carbonyl (C=O) groups is 1. The van der Waals surface area contributed by atoms with Crippen molar-refractivity contribution in [2.24, 2.45) is 0 Å².